The minimum absolute atomic E-state index is 0.103. The summed E-state index contributed by atoms with van der Waals surface area (Å²) in [6, 6.07) is 7.77. The maximum Gasteiger partial charge on any atom is 0.329 e. The highest BCUT2D eigenvalue weighted by molar-refractivity contribution is 6.02. The second-order valence-electron chi connectivity index (χ2n) is 7.80. The third-order valence-electron chi connectivity index (χ3n) is 5.60. The second kappa shape index (κ2) is 8.08. The Kier molecular flexibility index (Phi) is 6.26. The molecular formula is C20H28N2O5. The van der Waals surface area contributed by atoms with Gasteiger partial charge in [-0.05, 0) is 17.7 Å². The molecule has 0 spiro atoms. The van der Waals surface area contributed by atoms with E-state index in [0.717, 1.165) is 11.3 Å². The molecular weight excluding hydrogens is 348 g/mol. The van der Waals surface area contributed by atoms with Crippen LogP contribution in [0.3, 0.4) is 0 Å². The molecule has 1 aliphatic heterocycles. The van der Waals surface area contributed by atoms with E-state index in [1.807, 2.05) is 52.0 Å². The molecule has 0 aromatic heterocycles. The maximum absolute atomic E-state index is 12.8. The Hall–Kier alpha value is -2.41. The molecule has 0 atom stereocenters. The quantitative estimate of drug-likeness (QED) is 0.507. The van der Waals surface area contributed by atoms with Gasteiger partial charge in [0.2, 0.25) is 11.8 Å². The van der Waals surface area contributed by atoms with Crippen molar-refractivity contribution in [2.24, 2.45) is 5.41 Å². The molecule has 1 aromatic carbocycles. The Morgan fingerprint density at radius 1 is 1.19 bits per heavy atom. The van der Waals surface area contributed by atoms with Crippen molar-refractivity contribution < 1.29 is 24.2 Å². The second-order valence-corrected chi connectivity index (χ2v) is 7.80. The van der Waals surface area contributed by atoms with Crippen molar-refractivity contribution in [3.63, 3.8) is 0 Å². The molecule has 2 rings (SSSR count). The van der Waals surface area contributed by atoms with Crippen LogP contribution in [-0.4, -0.2) is 54.1 Å². The van der Waals surface area contributed by atoms with E-state index in [9.17, 15) is 14.4 Å². The lowest BCUT2D eigenvalue weighted by Crippen LogP contribution is -2.57. The predicted octanol–water partition coefficient (Wildman–Crippen LogP) is 2.26. The standard InChI is InChI=1S/C20H28N2O5/c1-19(2,20(3,4)18(26)22-11-9-16(22)23)14-5-7-15(8-6-14)21-10-12-27-13-17(24)25/h5-8,21H,9-13H2,1-4H3,(H,24,25). The van der Waals surface area contributed by atoms with Gasteiger partial charge in [-0.3, -0.25) is 14.5 Å². The molecule has 148 valence electrons. The van der Waals surface area contributed by atoms with Crippen LogP contribution in [0.15, 0.2) is 24.3 Å². The number of amides is 2. The summed E-state index contributed by atoms with van der Waals surface area (Å²) in [6.07, 6.45) is 0.443. The summed E-state index contributed by atoms with van der Waals surface area (Å²) in [5.74, 6) is -1.23. The summed E-state index contributed by atoms with van der Waals surface area (Å²) < 4.78 is 4.98. The Morgan fingerprint density at radius 2 is 1.81 bits per heavy atom. The smallest absolute Gasteiger partial charge is 0.329 e. The number of aliphatic carboxylic acids is 1. The Bertz CT molecular complexity index is 710. The lowest BCUT2D eigenvalue weighted by atomic mass is 9.63. The molecule has 2 amide bonds. The molecule has 7 nitrogen and oxygen atoms in total. The first-order valence-electron chi connectivity index (χ1n) is 9.06. The lowest BCUT2D eigenvalue weighted by Gasteiger charge is -2.45. The normalized spacial score (nSPS) is 14.7. The number of carboxylic acid groups (broad SMARTS) is 1. The first kappa shape index (κ1) is 20.9. The molecule has 0 saturated carbocycles. The van der Waals surface area contributed by atoms with Gasteiger partial charge in [0, 0.05) is 30.6 Å². The zero-order valence-corrected chi connectivity index (χ0v) is 16.4. The van der Waals surface area contributed by atoms with Crippen LogP contribution in [0.2, 0.25) is 0 Å². The third-order valence-corrected chi connectivity index (χ3v) is 5.60. The zero-order valence-electron chi connectivity index (χ0n) is 16.4. The topological polar surface area (TPSA) is 95.9 Å². The van der Waals surface area contributed by atoms with Gasteiger partial charge in [-0.25, -0.2) is 4.79 Å². The third kappa shape index (κ3) is 4.47. The van der Waals surface area contributed by atoms with E-state index >= 15 is 0 Å². The minimum Gasteiger partial charge on any atom is -0.480 e. The zero-order chi connectivity index (χ0) is 20.2. The summed E-state index contributed by atoms with van der Waals surface area (Å²) in [7, 11) is 0. The summed E-state index contributed by atoms with van der Waals surface area (Å²) in [4.78, 5) is 36.2. The van der Waals surface area contributed by atoms with Crippen LogP contribution >= 0.6 is 0 Å². The van der Waals surface area contributed by atoms with Gasteiger partial charge in [-0.2, -0.15) is 0 Å². The van der Waals surface area contributed by atoms with Crippen LogP contribution in [0.25, 0.3) is 0 Å². The van der Waals surface area contributed by atoms with Crippen LogP contribution in [-0.2, 0) is 24.5 Å². The number of benzene rings is 1. The van der Waals surface area contributed by atoms with E-state index < -0.39 is 16.8 Å². The van der Waals surface area contributed by atoms with Crippen LogP contribution in [0, 0.1) is 5.41 Å². The highest BCUT2D eigenvalue weighted by Gasteiger charge is 2.48. The van der Waals surface area contributed by atoms with Crippen molar-refractivity contribution in [2.75, 3.05) is 31.6 Å². The van der Waals surface area contributed by atoms with Gasteiger partial charge < -0.3 is 15.2 Å². The first-order valence-corrected chi connectivity index (χ1v) is 9.06. The largest absolute Gasteiger partial charge is 0.480 e. The Morgan fingerprint density at radius 3 is 2.30 bits per heavy atom. The van der Waals surface area contributed by atoms with Crippen LogP contribution < -0.4 is 5.32 Å². The molecule has 2 N–H and O–H groups in total. The number of anilines is 1. The highest BCUT2D eigenvalue weighted by atomic mass is 16.5. The first-order chi connectivity index (χ1) is 12.6. The number of nitrogens with zero attached hydrogens (tertiary/aromatic N) is 1. The molecule has 1 aromatic rings. The molecule has 0 radical (unpaired) electrons. The van der Waals surface area contributed by atoms with Crippen molar-refractivity contribution in [3.8, 4) is 0 Å². The van der Waals surface area contributed by atoms with Crippen LogP contribution in [0.5, 0.6) is 0 Å². The SMILES string of the molecule is CC(C)(C(=O)N1CCC1=O)C(C)(C)c1ccc(NCCOCC(=O)O)cc1. The van der Waals surface area contributed by atoms with Crippen molar-refractivity contribution in [3.05, 3.63) is 29.8 Å². The lowest BCUT2D eigenvalue weighted by molar-refractivity contribution is -0.160. The number of nitrogens with one attached hydrogen (secondary N) is 1. The fourth-order valence-electron chi connectivity index (χ4n) is 2.93. The molecule has 0 unspecified atom stereocenters. The van der Waals surface area contributed by atoms with Gasteiger partial charge in [0.1, 0.15) is 6.61 Å². The van der Waals surface area contributed by atoms with E-state index in [2.05, 4.69) is 5.32 Å². The number of carboxylic acids is 1. The average molecular weight is 376 g/mol. The van der Waals surface area contributed by atoms with Gasteiger partial charge in [0.05, 0.1) is 12.0 Å². The maximum atomic E-state index is 12.8. The Balaban J connectivity index is 2.00. The molecule has 1 saturated heterocycles. The number of likely N-dealkylation sites (tertiary alicyclic amines) is 1. The summed E-state index contributed by atoms with van der Waals surface area (Å²) in [6.45, 7) is 8.78. The van der Waals surface area contributed by atoms with Crippen molar-refractivity contribution >= 4 is 23.5 Å². The monoisotopic (exact) mass is 376 g/mol. The van der Waals surface area contributed by atoms with Gasteiger partial charge in [0.15, 0.2) is 0 Å². The van der Waals surface area contributed by atoms with Gasteiger partial charge in [-0.1, -0.05) is 39.8 Å². The number of carbonyl (C=O) groups is 3. The van der Waals surface area contributed by atoms with E-state index in [0.29, 0.717) is 26.1 Å². The number of ether oxygens (including phenoxy) is 1. The molecule has 1 heterocycles. The predicted molar refractivity (Wildman–Crippen MR) is 102 cm³/mol. The van der Waals surface area contributed by atoms with Gasteiger partial charge in [-0.15, -0.1) is 0 Å². The van der Waals surface area contributed by atoms with Gasteiger partial charge >= 0.3 is 5.97 Å². The number of rotatable bonds is 9. The number of carbonyl (C=O) groups excluding carboxylic acids is 2. The van der Waals surface area contributed by atoms with E-state index in [4.69, 9.17) is 9.84 Å². The van der Waals surface area contributed by atoms with Crippen molar-refractivity contribution in [1.82, 2.24) is 4.90 Å². The Labute approximate surface area is 159 Å². The fourth-order valence-corrected chi connectivity index (χ4v) is 2.93. The number of β-lactam (4-membered cyclic amide) rings is 1. The molecule has 27 heavy (non-hydrogen) atoms. The van der Waals surface area contributed by atoms with Gasteiger partial charge in [0.25, 0.3) is 0 Å². The van der Waals surface area contributed by atoms with Crippen LogP contribution in [0.4, 0.5) is 5.69 Å². The van der Waals surface area contributed by atoms with E-state index in [-0.39, 0.29) is 18.4 Å². The summed E-state index contributed by atoms with van der Waals surface area (Å²) in [5, 5.41) is 11.7. The summed E-state index contributed by atoms with van der Waals surface area (Å²) in [5.41, 5.74) is 0.684. The van der Waals surface area contributed by atoms with E-state index in [1.165, 1.54) is 4.90 Å². The van der Waals surface area contributed by atoms with E-state index in [1.54, 1.807) is 0 Å². The highest BCUT2D eigenvalue weighted by Crippen LogP contribution is 2.43. The summed E-state index contributed by atoms with van der Waals surface area (Å²) >= 11 is 0. The average Bonchev–Trinajstić information content (AvgIpc) is 2.60. The molecule has 1 aliphatic rings. The van der Waals surface area contributed by atoms with Crippen molar-refractivity contribution in [2.45, 2.75) is 39.5 Å². The molecule has 0 aliphatic carbocycles. The number of hydrogen-bond acceptors (Lipinski definition) is 5. The molecule has 1 fully saturated rings. The minimum atomic E-state index is -0.987. The number of hydrogen-bond donors (Lipinski definition) is 2. The number of imide groups is 1. The van der Waals surface area contributed by atoms with Crippen LogP contribution in [0.1, 0.15) is 39.7 Å². The fraction of sp³-hybridized carbons (Fsp3) is 0.550. The van der Waals surface area contributed by atoms with Crippen molar-refractivity contribution in [1.29, 1.82) is 0 Å². The molecule has 0 bridgehead atoms. The molecule has 7 heteroatoms.